The van der Waals surface area contributed by atoms with E-state index in [9.17, 15) is 0 Å². The Labute approximate surface area is 149 Å². The maximum absolute atomic E-state index is 2.57. The third kappa shape index (κ3) is 6.22. The largest absolute Gasteiger partial charge is 0.356 e. The van der Waals surface area contributed by atoms with Crippen molar-refractivity contribution in [1.82, 2.24) is 9.80 Å². The number of benzene rings is 1. The van der Waals surface area contributed by atoms with Crippen molar-refractivity contribution in [2.24, 2.45) is 0 Å². The zero-order chi connectivity index (χ0) is 17.0. The molecule has 0 bridgehead atoms. The second kappa shape index (κ2) is 11.2. The summed E-state index contributed by atoms with van der Waals surface area (Å²) in [6, 6.07) is 11.0. The molecule has 2 rings (SSSR count). The van der Waals surface area contributed by atoms with Crippen LogP contribution in [0, 0.1) is 0 Å². The fraction of sp³-hybridized carbons (Fsp3) is 0.636. The molecule has 134 valence electrons. The summed E-state index contributed by atoms with van der Waals surface area (Å²) in [5.41, 5.74) is 1.45. The second-order valence-corrected chi connectivity index (χ2v) is 7.07. The van der Waals surface area contributed by atoms with Gasteiger partial charge in [0.1, 0.15) is 6.17 Å². The average Bonchev–Trinajstić information content (AvgIpc) is 2.99. The van der Waals surface area contributed by atoms with Gasteiger partial charge in [-0.2, -0.15) is 0 Å². The first kappa shape index (κ1) is 18.9. The molecule has 0 aliphatic carbocycles. The molecular formula is C22H36N2. The molecule has 1 unspecified atom stereocenters. The lowest BCUT2D eigenvalue weighted by atomic mass is 10.1. The van der Waals surface area contributed by atoms with Crippen molar-refractivity contribution in [3.63, 3.8) is 0 Å². The van der Waals surface area contributed by atoms with Gasteiger partial charge in [0.15, 0.2) is 0 Å². The van der Waals surface area contributed by atoms with Crippen molar-refractivity contribution in [3.8, 4) is 0 Å². The van der Waals surface area contributed by atoms with E-state index in [0.717, 1.165) is 6.42 Å². The van der Waals surface area contributed by atoms with Crippen LogP contribution < -0.4 is 0 Å². The fourth-order valence-corrected chi connectivity index (χ4v) is 3.48. The van der Waals surface area contributed by atoms with Gasteiger partial charge in [-0.3, -0.25) is 0 Å². The Morgan fingerprint density at radius 3 is 1.96 bits per heavy atom. The Kier molecular flexibility index (Phi) is 8.80. The first-order chi connectivity index (χ1) is 11.8. The van der Waals surface area contributed by atoms with Gasteiger partial charge in [0.05, 0.1) is 0 Å². The van der Waals surface area contributed by atoms with Crippen LogP contribution in [0.3, 0.4) is 0 Å². The van der Waals surface area contributed by atoms with E-state index in [2.05, 4.69) is 66.4 Å². The third-order valence-corrected chi connectivity index (χ3v) is 5.02. The van der Waals surface area contributed by atoms with E-state index in [0.29, 0.717) is 6.17 Å². The minimum absolute atomic E-state index is 0.509. The Hall–Kier alpha value is -1.44. The van der Waals surface area contributed by atoms with Crippen LogP contribution in [0.2, 0.25) is 0 Å². The highest BCUT2D eigenvalue weighted by molar-refractivity contribution is 5.17. The van der Waals surface area contributed by atoms with E-state index in [-0.39, 0.29) is 0 Å². The summed E-state index contributed by atoms with van der Waals surface area (Å²) in [5.74, 6) is 0. The molecule has 0 amide bonds. The van der Waals surface area contributed by atoms with Gasteiger partial charge in [-0.25, -0.2) is 0 Å². The topological polar surface area (TPSA) is 6.48 Å². The normalized spacial score (nSPS) is 17.0. The lowest BCUT2D eigenvalue weighted by Gasteiger charge is -2.33. The Morgan fingerprint density at radius 1 is 0.708 bits per heavy atom. The van der Waals surface area contributed by atoms with E-state index in [4.69, 9.17) is 0 Å². The summed E-state index contributed by atoms with van der Waals surface area (Å²) in [5, 5.41) is 0. The molecule has 0 aromatic heterocycles. The number of nitrogens with zero attached hydrogens (tertiary/aromatic N) is 2. The molecule has 0 spiro atoms. The minimum Gasteiger partial charge on any atom is -0.356 e. The van der Waals surface area contributed by atoms with Gasteiger partial charge < -0.3 is 9.80 Å². The van der Waals surface area contributed by atoms with Gasteiger partial charge in [-0.1, -0.05) is 82.7 Å². The molecule has 1 heterocycles. The molecule has 24 heavy (non-hydrogen) atoms. The standard InChI is InChI=1S/C22H36N2/c1-3-5-7-8-9-13-17-24-19-18-23(16-6-4-2)22(24)20-21-14-11-10-12-15-21/h10-12,14-15,18-19,22H,3-9,13,16-17,20H2,1-2H3. The van der Waals surface area contributed by atoms with Gasteiger partial charge in [0.2, 0.25) is 0 Å². The summed E-state index contributed by atoms with van der Waals surface area (Å²) in [4.78, 5) is 5.12. The second-order valence-electron chi connectivity index (χ2n) is 7.07. The minimum atomic E-state index is 0.509. The maximum atomic E-state index is 2.57. The van der Waals surface area contributed by atoms with Crippen LogP contribution in [0.4, 0.5) is 0 Å². The van der Waals surface area contributed by atoms with Crippen molar-refractivity contribution in [2.75, 3.05) is 13.1 Å². The summed E-state index contributed by atoms with van der Waals surface area (Å²) in [7, 11) is 0. The molecule has 2 nitrogen and oxygen atoms in total. The van der Waals surface area contributed by atoms with Crippen molar-refractivity contribution in [1.29, 1.82) is 0 Å². The molecule has 1 aliphatic heterocycles. The highest BCUT2D eigenvalue weighted by Crippen LogP contribution is 2.21. The Bertz CT molecular complexity index is 454. The molecule has 1 aliphatic rings. The van der Waals surface area contributed by atoms with Crippen molar-refractivity contribution >= 4 is 0 Å². The first-order valence-corrected chi connectivity index (χ1v) is 10.1. The molecular weight excluding hydrogens is 292 g/mol. The molecule has 0 saturated heterocycles. The van der Waals surface area contributed by atoms with E-state index < -0.39 is 0 Å². The highest BCUT2D eigenvalue weighted by Gasteiger charge is 2.25. The predicted molar refractivity (Wildman–Crippen MR) is 105 cm³/mol. The number of rotatable bonds is 12. The van der Waals surface area contributed by atoms with Crippen LogP contribution in [0.5, 0.6) is 0 Å². The molecule has 1 aromatic rings. The zero-order valence-electron chi connectivity index (χ0n) is 15.8. The van der Waals surface area contributed by atoms with E-state index in [1.54, 1.807) is 0 Å². The first-order valence-electron chi connectivity index (χ1n) is 10.1. The van der Waals surface area contributed by atoms with Gasteiger partial charge in [0, 0.05) is 31.9 Å². The van der Waals surface area contributed by atoms with E-state index in [1.807, 2.05) is 0 Å². The predicted octanol–water partition coefficient (Wildman–Crippen LogP) is 5.80. The fourth-order valence-electron chi connectivity index (χ4n) is 3.48. The molecule has 1 aromatic carbocycles. The molecule has 2 heteroatoms. The van der Waals surface area contributed by atoms with Crippen LogP contribution in [0.25, 0.3) is 0 Å². The van der Waals surface area contributed by atoms with E-state index in [1.165, 1.54) is 70.0 Å². The summed E-state index contributed by atoms with van der Waals surface area (Å²) in [6.45, 7) is 6.94. The summed E-state index contributed by atoms with van der Waals surface area (Å²) in [6.07, 6.45) is 17.0. The monoisotopic (exact) mass is 328 g/mol. The van der Waals surface area contributed by atoms with Crippen molar-refractivity contribution in [2.45, 2.75) is 77.8 Å². The lowest BCUT2D eigenvalue weighted by Crippen LogP contribution is -2.41. The van der Waals surface area contributed by atoms with Crippen LogP contribution in [0.15, 0.2) is 42.7 Å². The van der Waals surface area contributed by atoms with Gasteiger partial charge >= 0.3 is 0 Å². The van der Waals surface area contributed by atoms with Gasteiger partial charge in [0.25, 0.3) is 0 Å². The van der Waals surface area contributed by atoms with Crippen LogP contribution in [-0.4, -0.2) is 29.1 Å². The Balaban J connectivity index is 1.84. The number of hydrogen-bond acceptors (Lipinski definition) is 2. The quantitative estimate of drug-likeness (QED) is 0.447. The van der Waals surface area contributed by atoms with Crippen LogP contribution >= 0.6 is 0 Å². The number of unbranched alkanes of at least 4 members (excludes halogenated alkanes) is 6. The molecule has 1 atom stereocenters. The molecule has 0 fully saturated rings. The van der Waals surface area contributed by atoms with Crippen LogP contribution in [0.1, 0.15) is 70.8 Å². The third-order valence-electron chi connectivity index (χ3n) is 5.02. The number of hydrogen-bond donors (Lipinski definition) is 0. The van der Waals surface area contributed by atoms with Gasteiger partial charge in [-0.05, 0) is 18.4 Å². The summed E-state index contributed by atoms with van der Waals surface area (Å²) >= 11 is 0. The van der Waals surface area contributed by atoms with Crippen molar-refractivity contribution < 1.29 is 0 Å². The molecule has 0 radical (unpaired) electrons. The highest BCUT2D eigenvalue weighted by atomic mass is 15.4. The lowest BCUT2D eigenvalue weighted by molar-refractivity contribution is 0.148. The summed E-state index contributed by atoms with van der Waals surface area (Å²) < 4.78 is 0. The molecule has 0 N–H and O–H groups in total. The maximum Gasteiger partial charge on any atom is 0.105 e. The zero-order valence-corrected chi connectivity index (χ0v) is 15.8. The smallest absolute Gasteiger partial charge is 0.105 e. The van der Waals surface area contributed by atoms with Crippen LogP contribution in [-0.2, 0) is 6.42 Å². The SMILES string of the molecule is CCCCCCCCN1C=CN(CCCC)C1Cc1ccccc1. The van der Waals surface area contributed by atoms with Gasteiger partial charge in [-0.15, -0.1) is 0 Å². The van der Waals surface area contributed by atoms with Crippen molar-refractivity contribution in [3.05, 3.63) is 48.3 Å². The van der Waals surface area contributed by atoms with E-state index >= 15 is 0 Å². The average molecular weight is 329 g/mol. The Morgan fingerprint density at radius 2 is 1.29 bits per heavy atom. The molecule has 0 saturated carbocycles.